The van der Waals surface area contributed by atoms with Crippen LogP contribution in [0.1, 0.15) is 21.6 Å². The predicted molar refractivity (Wildman–Crippen MR) is 53.9 cm³/mol. The Morgan fingerprint density at radius 3 is 3.08 bits per heavy atom. The monoisotopic (exact) mass is 259 g/mol. The van der Waals surface area contributed by atoms with Crippen molar-refractivity contribution in [2.75, 3.05) is 0 Å². The Labute approximate surface area is 87.7 Å². The van der Waals surface area contributed by atoms with E-state index in [4.69, 9.17) is 5.11 Å². The molecule has 2 rings (SSSR count). The summed E-state index contributed by atoms with van der Waals surface area (Å²) in [6.07, 6.45) is 0. The molecule has 0 saturated carbocycles. The van der Waals surface area contributed by atoms with Crippen LogP contribution in [0.3, 0.4) is 0 Å². The predicted octanol–water partition coefficient (Wildman–Crippen LogP) is 2.29. The fraction of sp³-hybridized carbons (Fsp3) is 0.250. The van der Waals surface area contributed by atoms with E-state index in [-0.39, 0.29) is 5.56 Å². The van der Waals surface area contributed by atoms with Crippen LogP contribution in [-0.2, 0) is 11.5 Å². The molecule has 0 unspecified atom stereocenters. The summed E-state index contributed by atoms with van der Waals surface area (Å²) in [5, 5.41) is 8.82. The third-order valence-electron chi connectivity index (χ3n) is 1.87. The minimum Gasteiger partial charge on any atom is -0.478 e. The Bertz CT molecular complexity index is 381. The molecule has 68 valence electrons. The second-order valence-corrected chi connectivity index (χ2v) is 4.47. The molecule has 2 heterocycles. The van der Waals surface area contributed by atoms with Gasteiger partial charge in [0.1, 0.15) is 4.60 Å². The largest absolute Gasteiger partial charge is 0.478 e. The molecule has 1 aliphatic heterocycles. The SMILES string of the molecule is O=C(O)c1cc2c(nc1Br)CSC2. The first kappa shape index (κ1) is 9.02. The van der Waals surface area contributed by atoms with E-state index in [0.717, 1.165) is 22.8 Å². The van der Waals surface area contributed by atoms with E-state index < -0.39 is 5.97 Å². The van der Waals surface area contributed by atoms with Crippen LogP contribution >= 0.6 is 27.7 Å². The van der Waals surface area contributed by atoms with E-state index in [2.05, 4.69) is 20.9 Å². The quantitative estimate of drug-likeness (QED) is 0.787. The van der Waals surface area contributed by atoms with Crippen LogP contribution in [0.2, 0.25) is 0 Å². The van der Waals surface area contributed by atoms with E-state index in [0.29, 0.717) is 4.60 Å². The fourth-order valence-electron chi connectivity index (χ4n) is 1.23. The van der Waals surface area contributed by atoms with Crippen molar-refractivity contribution in [3.63, 3.8) is 0 Å². The number of carboxylic acid groups (broad SMARTS) is 1. The summed E-state index contributed by atoms with van der Waals surface area (Å²) in [4.78, 5) is 14.9. The van der Waals surface area contributed by atoms with Crippen LogP contribution in [0, 0.1) is 0 Å². The number of aromatic nitrogens is 1. The summed E-state index contributed by atoms with van der Waals surface area (Å²) in [6.45, 7) is 0. The van der Waals surface area contributed by atoms with E-state index in [1.807, 2.05) is 0 Å². The number of thioether (sulfide) groups is 1. The van der Waals surface area contributed by atoms with Gasteiger partial charge in [0.05, 0.1) is 11.3 Å². The highest BCUT2D eigenvalue weighted by atomic mass is 79.9. The number of rotatable bonds is 1. The first-order valence-electron chi connectivity index (χ1n) is 3.68. The summed E-state index contributed by atoms with van der Waals surface area (Å²) in [5.41, 5.74) is 2.30. The second-order valence-electron chi connectivity index (χ2n) is 2.73. The third-order valence-corrected chi connectivity index (χ3v) is 3.47. The molecule has 0 atom stereocenters. The normalized spacial score (nSPS) is 14.2. The van der Waals surface area contributed by atoms with Crippen LogP contribution in [0.15, 0.2) is 10.7 Å². The Morgan fingerprint density at radius 2 is 2.38 bits per heavy atom. The molecule has 3 nitrogen and oxygen atoms in total. The molecule has 1 aliphatic rings. The van der Waals surface area contributed by atoms with Gasteiger partial charge >= 0.3 is 5.97 Å². The number of aromatic carboxylic acids is 1. The summed E-state index contributed by atoms with van der Waals surface area (Å²) in [6, 6.07) is 1.70. The molecular formula is C8H6BrNO2S. The molecular weight excluding hydrogens is 254 g/mol. The molecule has 0 saturated heterocycles. The second kappa shape index (κ2) is 3.31. The minimum atomic E-state index is -0.931. The summed E-state index contributed by atoms with van der Waals surface area (Å²) < 4.78 is 0.432. The van der Waals surface area contributed by atoms with Gasteiger partial charge in [-0.05, 0) is 27.6 Å². The maximum Gasteiger partial charge on any atom is 0.338 e. The number of fused-ring (bicyclic) bond motifs is 1. The lowest BCUT2D eigenvalue weighted by molar-refractivity contribution is 0.0695. The van der Waals surface area contributed by atoms with Crippen molar-refractivity contribution in [3.05, 3.63) is 27.5 Å². The number of halogens is 1. The zero-order chi connectivity index (χ0) is 9.42. The van der Waals surface area contributed by atoms with Crippen LogP contribution in [0.25, 0.3) is 0 Å². The molecule has 5 heteroatoms. The van der Waals surface area contributed by atoms with E-state index >= 15 is 0 Å². The molecule has 13 heavy (non-hydrogen) atoms. The number of carbonyl (C=O) groups is 1. The standard InChI is InChI=1S/C8H6BrNO2S/c9-7-5(8(11)12)1-4-2-13-3-6(4)10-7/h1H,2-3H2,(H,11,12). The minimum absolute atomic E-state index is 0.251. The van der Waals surface area contributed by atoms with Crippen LogP contribution in [0.4, 0.5) is 0 Å². The van der Waals surface area contributed by atoms with Crippen molar-refractivity contribution < 1.29 is 9.90 Å². The zero-order valence-corrected chi connectivity index (χ0v) is 8.98. The lowest BCUT2D eigenvalue weighted by Gasteiger charge is -2.01. The zero-order valence-electron chi connectivity index (χ0n) is 6.58. The lowest BCUT2D eigenvalue weighted by atomic mass is 10.2. The van der Waals surface area contributed by atoms with Gasteiger partial charge in [0.2, 0.25) is 0 Å². The topological polar surface area (TPSA) is 50.2 Å². The van der Waals surface area contributed by atoms with Crippen LogP contribution < -0.4 is 0 Å². The van der Waals surface area contributed by atoms with Gasteiger partial charge in [-0.2, -0.15) is 11.8 Å². The van der Waals surface area contributed by atoms with Gasteiger partial charge in [-0.15, -0.1) is 0 Å². The van der Waals surface area contributed by atoms with E-state index in [1.165, 1.54) is 0 Å². The fourth-order valence-corrected chi connectivity index (χ4v) is 2.74. The van der Waals surface area contributed by atoms with Gasteiger partial charge in [0.25, 0.3) is 0 Å². The highest BCUT2D eigenvalue weighted by molar-refractivity contribution is 9.10. The highest BCUT2D eigenvalue weighted by Crippen LogP contribution is 2.31. The Balaban J connectivity index is 2.55. The van der Waals surface area contributed by atoms with E-state index in [9.17, 15) is 4.79 Å². The average Bonchev–Trinajstić information content (AvgIpc) is 2.48. The summed E-state index contributed by atoms with van der Waals surface area (Å²) in [7, 11) is 0. The highest BCUT2D eigenvalue weighted by Gasteiger charge is 2.18. The first-order valence-corrected chi connectivity index (χ1v) is 5.62. The van der Waals surface area contributed by atoms with Gasteiger partial charge in [-0.25, -0.2) is 9.78 Å². The van der Waals surface area contributed by atoms with Crippen molar-refractivity contribution in [2.45, 2.75) is 11.5 Å². The number of pyridine rings is 1. The third kappa shape index (κ3) is 1.58. The number of hydrogen-bond acceptors (Lipinski definition) is 3. The number of hydrogen-bond donors (Lipinski definition) is 1. The molecule has 0 bridgehead atoms. The molecule has 0 radical (unpaired) electrons. The maximum atomic E-state index is 10.7. The van der Waals surface area contributed by atoms with E-state index in [1.54, 1.807) is 17.8 Å². The van der Waals surface area contributed by atoms with Crippen molar-refractivity contribution in [3.8, 4) is 0 Å². The average molecular weight is 260 g/mol. The van der Waals surface area contributed by atoms with Crippen LogP contribution in [0.5, 0.6) is 0 Å². The van der Waals surface area contributed by atoms with Gasteiger partial charge < -0.3 is 5.11 Å². The Morgan fingerprint density at radius 1 is 1.62 bits per heavy atom. The summed E-state index contributed by atoms with van der Waals surface area (Å²) in [5.74, 6) is 0.822. The molecule has 1 aromatic rings. The van der Waals surface area contributed by atoms with Crippen molar-refractivity contribution in [1.82, 2.24) is 4.98 Å². The molecule has 0 aliphatic carbocycles. The van der Waals surface area contributed by atoms with Crippen LogP contribution in [-0.4, -0.2) is 16.1 Å². The van der Waals surface area contributed by atoms with Gasteiger partial charge in [-0.3, -0.25) is 0 Å². The number of nitrogens with zero attached hydrogens (tertiary/aromatic N) is 1. The molecule has 1 aromatic heterocycles. The van der Waals surface area contributed by atoms with Gasteiger partial charge in [0.15, 0.2) is 0 Å². The molecule has 0 amide bonds. The smallest absolute Gasteiger partial charge is 0.338 e. The van der Waals surface area contributed by atoms with Crippen molar-refractivity contribution in [2.24, 2.45) is 0 Å². The lowest BCUT2D eigenvalue weighted by Crippen LogP contribution is -2.02. The molecule has 0 spiro atoms. The van der Waals surface area contributed by atoms with Crippen molar-refractivity contribution >= 4 is 33.7 Å². The molecule has 0 aromatic carbocycles. The van der Waals surface area contributed by atoms with Crippen molar-refractivity contribution in [1.29, 1.82) is 0 Å². The van der Waals surface area contributed by atoms with Gasteiger partial charge in [0, 0.05) is 11.5 Å². The maximum absolute atomic E-state index is 10.7. The Hall–Kier alpha value is -0.550. The molecule has 0 fully saturated rings. The Kier molecular flexibility index (Phi) is 2.29. The van der Waals surface area contributed by atoms with Gasteiger partial charge in [-0.1, -0.05) is 0 Å². The summed E-state index contributed by atoms with van der Waals surface area (Å²) >= 11 is 4.90. The number of carboxylic acids is 1. The molecule has 1 N–H and O–H groups in total. The first-order chi connectivity index (χ1) is 6.18.